The lowest BCUT2D eigenvalue weighted by atomic mass is 10.1. The van der Waals surface area contributed by atoms with Crippen LogP contribution in [0.15, 0.2) is 0 Å². The van der Waals surface area contributed by atoms with Crippen LogP contribution >= 0.6 is 0 Å². The topological polar surface area (TPSA) is 124 Å². The van der Waals surface area contributed by atoms with Crippen molar-refractivity contribution in [2.24, 2.45) is 0 Å². The number of hydrogen-bond donors (Lipinski definition) is 0. The standard InChI is InChI=1S/2C22H48N.H2O7S2/c2*1-5-7-9-11-13-15-17-19-21-23(3,4)22-20-18-16-14-12-10-8-6-2;1-8(2,3)7-9(4,5)6/h2*5-22H2,1-4H3;(H,1,2,3)(H,4,5,6)/q2*+1;/p-2. The first kappa shape index (κ1) is 59.0. The Labute approximate surface area is 345 Å². The van der Waals surface area contributed by atoms with Gasteiger partial charge < -0.3 is 18.1 Å². The summed E-state index contributed by atoms with van der Waals surface area (Å²) in [5.74, 6) is 0. The predicted molar refractivity (Wildman–Crippen MR) is 235 cm³/mol. The van der Waals surface area contributed by atoms with Gasteiger partial charge in [-0.1, -0.05) is 182 Å². The lowest BCUT2D eigenvalue weighted by Gasteiger charge is -2.30. The largest absolute Gasteiger partial charge is 0.725 e. The second-order valence-corrected chi connectivity index (χ2v) is 19.7. The molecule has 0 fully saturated rings. The molecular formula is C44H96N2O7S2. The molecule has 9 nitrogen and oxygen atoms in total. The van der Waals surface area contributed by atoms with E-state index in [1.807, 2.05) is 0 Å². The van der Waals surface area contributed by atoms with Gasteiger partial charge in [0.05, 0.1) is 54.4 Å². The Kier molecular flexibility index (Phi) is 43.4. The van der Waals surface area contributed by atoms with Crippen LogP contribution in [-0.4, -0.2) is 89.3 Å². The summed E-state index contributed by atoms with van der Waals surface area (Å²) in [6.45, 7) is 14.7. The molecule has 0 saturated heterocycles. The molecule has 0 aliphatic carbocycles. The molecule has 0 atom stereocenters. The van der Waals surface area contributed by atoms with E-state index in [4.69, 9.17) is 0 Å². The second kappa shape index (κ2) is 40.5. The molecule has 0 N–H and O–H groups in total. The average Bonchev–Trinajstić information content (AvgIpc) is 3.08. The molecule has 11 heteroatoms. The first-order chi connectivity index (χ1) is 25.9. The van der Waals surface area contributed by atoms with Crippen molar-refractivity contribution in [3.05, 3.63) is 0 Å². The lowest BCUT2D eigenvalue weighted by molar-refractivity contribution is -0.890. The van der Waals surface area contributed by atoms with Crippen LogP contribution in [0, 0.1) is 0 Å². The summed E-state index contributed by atoms with van der Waals surface area (Å²) in [6.07, 6.45) is 46.1. The van der Waals surface area contributed by atoms with Gasteiger partial charge in [-0.2, -0.15) is 3.63 Å². The maximum absolute atomic E-state index is 9.29. The van der Waals surface area contributed by atoms with E-state index in [9.17, 15) is 25.9 Å². The highest BCUT2D eigenvalue weighted by atomic mass is 32.3. The zero-order valence-corrected chi connectivity index (χ0v) is 39.7. The molecule has 0 saturated carbocycles. The summed E-state index contributed by atoms with van der Waals surface area (Å²) in [4.78, 5) is 0. The van der Waals surface area contributed by atoms with E-state index in [0.29, 0.717) is 0 Å². The van der Waals surface area contributed by atoms with Gasteiger partial charge in [-0.15, -0.1) is 0 Å². The fourth-order valence-corrected chi connectivity index (χ4v) is 7.84. The molecule has 0 aromatic heterocycles. The van der Waals surface area contributed by atoms with Crippen molar-refractivity contribution in [2.45, 2.75) is 233 Å². The number of quaternary nitrogens is 2. The maximum Gasteiger partial charge on any atom is 0.231 e. The summed E-state index contributed by atoms with van der Waals surface area (Å²) in [6, 6.07) is 0. The van der Waals surface area contributed by atoms with E-state index in [1.165, 1.54) is 241 Å². The van der Waals surface area contributed by atoms with Gasteiger partial charge in [0.2, 0.25) is 20.8 Å². The van der Waals surface area contributed by atoms with E-state index in [-0.39, 0.29) is 0 Å². The number of rotatable bonds is 38. The van der Waals surface area contributed by atoms with Crippen LogP contribution < -0.4 is 0 Å². The van der Waals surface area contributed by atoms with Gasteiger partial charge in [-0.05, 0) is 51.4 Å². The SMILES string of the molecule is CCCCCCCCCC[N+](C)(C)CCCCCCCCCC.CCCCCCCCCC[N+](C)(C)CCCCCCCCCC.O=S(=O)([O-])OS(=O)(=O)[O-]. The Morgan fingerprint density at radius 3 is 0.582 bits per heavy atom. The van der Waals surface area contributed by atoms with Crippen LogP contribution in [0.5, 0.6) is 0 Å². The Morgan fingerprint density at radius 2 is 0.455 bits per heavy atom. The Bertz CT molecular complexity index is 868. The smallest absolute Gasteiger partial charge is 0.231 e. The van der Waals surface area contributed by atoms with Crippen molar-refractivity contribution >= 4 is 20.8 Å². The Morgan fingerprint density at radius 1 is 0.309 bits per heavy atom. The van der Waals surface area contributed by atoms with E-state index in [0.717, 1.165) is 0 Å². The molecule has 0 bridgehead atoms. The monoisotopic (exact) mass is 829 g/mol. The maximum atomic E-state index is 9.29. The molecule has 0 aromatic carbocycles. The molecule has 336 valence electrons. The molecular weight excluding hydrogens is 733 g/mol. The summed E-state index contributed by atoms with van der Waals surface area (Å²) in [5.41, 5.74) is 0. The molecule has 0 unspecified atom stereocenters. The minimum absolute atomic E-state index is 1.24. The van der Waals surface area contributed by atoms with Crippen LogP contribution in [0.4, 0.5) is 0 Å². The normalized spacial score (nSPS) is 12.3. The average molecular weight is 829 g/mol. The third-order valence-electron chi connectivity index (χ3n) is 10.6. The molecule has 0 radical (unpaired) electrons. The van der Waals surface area contributed by atoms with E-state index >= 15 is 0 Å². The third kappa shape index (κ3) is 58.1. The molecule has 0 aliphatic rings. The molecule has 0 aliphatic heterocycles. The molecule has 0 amide bonds. The van der Waals surface area contributed by atoms with Gasteiger partial charge in [0.1, 0.15) is 0 Å². The summed E-state index contributed by atoms with van der Waals surface area (Å²) >= 11 is 0. The highest BCUT2D eigenvalue weighted by molar-refractivity contribution is 7.94. The number of hydrogen-bond acceptors (Lipinski definition) is 7. The minimum atomic E-state index is -5.43. The lowest BCUT2D eigenvalue weighted by Crippen LogP contribution is -2.41. The molecule has 0 rings (SSSR count). The minimum Gasteiger partial charge on any atom is -0.725 e. The summed E-state index contributed by atoms with van der Waals surface area (Å²) in [7, 11) is -1.13. The molecule has 0 aromatic rings. The fraction of sp³-hybridized carbons (Fsp3) is 1.00. The highest BCUT2D eigenvalue weighted by Crippen LogP contribution is 2.15. The predicted octanol–water partition coefficient (Wildman–Crippen LogP) is 12.6. The zero-order valence-electron chi connectivity index (χ0n) is 38.0. The quantitative estimate of drug-likeness (QED) is 0.0263. The fourth-order valence-electron chi connectivity index (χ4n) is 7.02. The van der Waals surface area contributed by atoms with Gasteiger partial charge in [0, 0.05) is 0 Å². The van der Waals surface area contributed by atoms with Crippen LogP contribution in [0.1, 0.15) is 233 Å². The van der Waals surface area contributed by atoms with Crippen LogP contribution in [0.2, 0.25) is 0 Å². The Hall–Kier alpha value is -0.300. The molecule has 0 spiro atoms. The molecule has 0 heterocycles. The van der Waals surface area contributed by atoms with Crippen LogP contribution in [0.25, 0.3) is 0 Å². The van der Waals surface area contributed by atoms with E-state index < -0.39 is 20.8 Å². The number of unbranched alkanes of at least 4 members (excludes halogenated alkanes) is 28. The van der Waals surface area contributed by atoms with Crippen molar-refractivity contribution in [3.8, 4) is 0 Å². The molecule has 55 heavy (non-hydrogen) atoms. The summed E-state index contributed by atoms with van der Waals surface area (Å²) in [5, 5.41) is 0. The first-order valence-electron chi connectivity index (χ1n) is 23.2. The number of nitrogens with zero attached hydrogens (tertiary/aromatic N) is 2. The van der Waals surface area contributed by atoms with Crippen LogP contribution in [0.3, 0.4) is 0 Å². The van der Waals surface area contributed by atoms with Crippen molar-refractivity contribution in [2.75, 3.05) is 54.4 Å². The highest BCUT2D eigenvalue weighted by Gasteiger charge is 2.14. The van der Waals surface area contributed by atoms with Crippen molar-refractivity contribution in [1.82, 2.24) is 0 Å². The van der Waals surface area contributed by atoms with Crippen molar-refractivity contribution in [1.29, 1.82) is 0 Å². The van der Waals surface area contributed by atoms with Crippen molar-refractivity contribution in [3.63, 3.8) is 0 Å². The van der Waals surface area contributed by atoms with Gasteiger partial charge in [0.15, 0.2) is 0 Å². The third-order valence-corrected chi connectivity index (χ3v) is 12.0. The first-order valence-corrected chi connectivity index (χ1v) is 25.9. The second-order valence-electron chi connectivity index (χ2n) is 17.5. The van der Waals surface area contributed by atoms with E-state index in [1.54, 1.807) is 0 Å². The summed E-state index contributed by atoms with van der Waals surface area (Å²) < 4.78 is 60.7. The van der Waals surface area contributed by atoms with Crippen LogP contribution in [-0.2, 0) is 24.4 Å². The van der Waals surface area contributed by atoms with Gasteiger partial charge in [-0.25, -0.2) is 16.8 Å². The van der Waals surface area contributed by atoms with Gasteiger partial charge in [0.25, 0.3) is 0 Å². The van der Waals surface area contributed by atoms with Gasteiger partial charge >= 0.3 is 0 Å². The van der Waals surface area contributed by atoms with Gasteiger partial charge in [-0.3, -0.25) is 0 Å². The van der Waals surface area contributed by atoms with Crippen molar-refractivity contribution < 1.29 is 38.5 Å². The van der Waals surface area contributed by atoms with E-state index in [2.05, 4.69) is 59.5 Å². The zero-order chi connectivity index (χ0) is 42.2. The Balaban J connectivity index is -0.000000805.